The van der Waals surface area contributed by atoms with E-state index in [0.717, 1.165) is 0 Å². The maximum absolute atomic E-state index is 13.3. The van der Waals surface area contributed by atoms with Crippen molar-refractivity contribution in [2.24, 2.45) is 0 Å². The van der Waals surface area contributed by atoms with Crippen LogP contribution in [0.3, 0.4) is 0 Å². The van der Waals surface area contributed by atoms with Gasteiger partial charge in [-0.05, 0) is 25.1 Å². The molecule has 0 aliphatic heterocycles. The fourth-order valence-electron chi connectivity index (χ4n) is 1.18. The number of carbonyl (C=O) groups is 1. The third-order valence-corrected chi connectivity index (χ3v) is 1.95. The smallest absolute Gasteiger partial charge is 0.254 e. The molecule has 0 aliphatic carbocycles. The molecule has 3 nitrogen and oxygen atoms in total. The average molecular weight is 220 g/mol. The van der Waals surface area contributed by atoms with Crippen LogP contribution in [0, 0.1) is 17.7 Å². The van der Waals surface area contributed by atoms with E-state index in [2.05, 4.69) is 17.2 Å². The lowest BCUT2D eigenvalue weighted by Crippen LogP contribution is -2.25. The molecule has 0 unspecified atom stereocenters. The van der Waals surface area contributed by atoms with Gasteiger partial charge in [-0.25, -0.2) is 4.39 Å². The van der Waals surface area contributed by atoms with Gasteiger partial charge in [0.05, 0.1) is 5.56 Å². The van der Waals surface area contributed by atoms with Crippen molar-refractivity contribution in [3.63, 3.8) is 0 Å². The summed E-state index contributed by atoms with van der Waals surface area (Å²) in [7, 11) is 0. The van der Waals surface area contributed by atoms with Crippen LogP contribution in [-0.2, 0) is 0 Å². The van der Waals surface area contributed by atoms with Gasteiger partial charge in [0, 0.05) is 18.7 Å². The summed E-state index contributed by atoms with van der Waals surface area (Å²) < 4.78 is 13.3. The molecule has 4 heteroatoms. The van der Waals surface area contributed by atoms with Gasteiger partial charge in [-0.1, -0.05) is 0 Å². The summed E-state index contributed by atoms with van der Waals surface area (Å²) in [4.78, 5) is 11.5. The fourth-order valence-corrected chi connectivity index (χ4v) is 1.18. The third kappa shape index (κ3) is 3.28. The van der Waals surface area contributed by atoms with E-state index in [1.165, 1.54) is 18.2 Å². The molecule has 1 aromatic carbocycles. The van der Waals surface area contributed by atoms with Gasteiger partial charge in [0.2, 0.25) is 0 Å². The molecule has 0 heterocycles. The SMILES string of the molecule is CC#CCCNC(=O)c1cc(N)ccc1F. The fraction of sp³-hybridized carbons (Fsp3) is 0.250. The number of nitrogens with two attached hydrogens (primary N) is 1. The van der Waals surface area contributed by atoms with Gasteiger partial charge in [-0.2, -0.15) is 0 Å². The van der Waals surface area contributed by atoms with Crippen LogP contribution in [0.1, 0.15) is 23.7 Å². The molecule has 1 aromatic rings. The molecule has 0 bridgehead atoms. The summed E-state index contributed by atoms with van der Waals surface area (Å²) in [6.45, 7) is 2.12. The number of hydrogen-bond donors (Lipinski definition) is 2. The lowest BCUT2D eigenvalue weighted by molar-refractivity contribution is 0.0950. The van der Waals surface area contributed by atoms with Gasteiger partial charge in [0.15, 0.2) is 0 Å². The standard InChI is InChI=1S/C12H13FN2O/c1-2-3-4-7-15-12(16)10-8-9(14)5-6-11(10)13/h5-6,8H,4,7,14H2,1H3,(H,15,16). The molecule has 0 aliphatic rings. The highest BCUT2D eigenvalue weighted by molar-refractivity contribution is 5.95. The van der Waals surface area contributed by atoms with Crippen molar-refractivity contribution >= 4 is 11.6 Å². The normalized spacial score (nSPS) is 9.12. The van der Waals surface area contributed by atoms with E-state index >= 15 is 0 Å². The zero-order valence-corrected chi connectivity index (χ0v) is 9.01. The van der Waals surface area contributed by atoms with Crippen LogP contribution in [0.15, 0.2) is 18.2 Å². The van der Waals surface area contributed by atoms with Crippen molar-refractivity contribution in [1.82, 2.24) is 5.32 Å². The van der Waals surface area contributed by atoms with Crippen molar-refractivity contribution in [2.45, 2.75) is 13.3 Å². The lowest BCUT2D eigenvalue weighted by atomic mass is 10.1. The Labute approximate surface area is 93.8 Å². The monoisotopic (exact) mass is 220 g/mol. The van der Waals surface area contributed by atoms with Gasteiger partial charge >= 0.3 is 0 Å². The van der Waals surface area contributed by atoms with Gasteiger partial charge in [-0.3, -0.25) is 4.79 Å². The Kier molecular flexibility index (Phi) is 4.34. The highest BCUT2D eigenvalue weighted by Gasteiger charge is 2.10. The number of carbonyl (C=O) groups excluding carboxylic acids is 1. The van der Waals surface area contributed by atoms with Gasteiger partial charge < -0.3 is 11.1 Å². The van der Waals surface area contributed by atoms with Crippen molar-refractivity contribution in [1.29, 1.82) is 0 Å². The van der Waals surface area contributed by atoms with Gasteiger partial charge in [0.25, 0.3) is 5.91 Å². The zero-order valence-electron chi connectivity index (χ0n) is 9.01. The quantitative estimate of drug-likeness (QED) is 0.461. The molecule has 0 saturated carbocycles. The summed E-state index contributed by atoms with van der Waals surface area (Å²) in [6, 6.07) is 3.90. The van der Waals surface area contributed by atoms with Crippen LogP contribution >= 0.6 is 0 Å². The number of hydrogen-bond acceptors (Lipinski definition) is 2. The molecule has 0 spiro atoms. The first kappa shape index (κ1) is 12.1. The molecular weight excluding hydrogens is 207 g/mol. The van der Waals surface area contributed by atoms with E-state index in [1.807, 2.05) is 0 Å². The van der Waals surface area contributed by atoms with E-state index in [0.29, 0.717) is 18.7 Å². The Balaban J connectivity index is 2.64. The summed E-state index contributed by atoms with van der Waals surface area (Å²) in [5, 5.41) is 2.56. The minimum absolute atomic E-state index is 0.0375. The maximum atomic E-state index is 13.3. The molecule has 0 aromatic heterocycles. The molecule has 16 heavy (non-hydrogen) atoms. The number of anilines is 1. The molecule has 1 amide bonds. The number of rotatable bonds is 3. The highest BCUT2D eigenvalue weighted by atomic mass is 19.1. The molecule has 1 rings (SSSR count). The van der Waals surface area contributed by atoms with Crippen LogP contribution < -0.4 is 11.1 Å². The minimum atomic E-state index is -0.576. The molecule has 0 fully saturated rings. The van der Waals surface area contributed by atoms with E-state index < -0.39 is 11.7 Å². The predicted octanol–water partition coefficient (Wildman–Crippen LogP) is 1.55. The average Bonchev–Trinajstić information content (AvgIpc) is 2.27. The first-order valence-electron chi connectivity index (χ1n) is 4.88. The van der Waals surface area contributed by atoms with Crippen LogP contribution in [0.25, 0.3) is 0 Å². The number of benzene rings is 1. The summed E-state index contributed by atoms with van der Waals surface area (Å²) >= 11 is 0. The van der Waals surface area contributed by atoms with Crippen molar-refractivity contribution in [3.8, 4) is 11.8 Å². The van der Waals surface area contributed by atoms with Crippen LogP contribution in [0.2, 0.25) is 0 Å². The number of nitrogens with one attached hydrogen (secondary N) is 1. The Morgan fingerprint density at radius 3 is 3.00 bits per heavy atom. The van der Waals surface area contributed by atoms with Crippen LogP contribution in [0.4, 0.5) is 10.1 Å². The predicted molar refractivity (Wildman–Crippen MR) is 61.2 cm³/mol. The van der Waals surface area contributed by atoms with E-state index in [4.69, 9.17) is 5.73 Å². The van der Waals surface area contributed by atoms with Crippen molar-refractivity contribution in [2.75, 3.05) is 12.3 Å². The van der Waals surface area contributed by atoms with Gasteiger partial charge in [0.1, 0.15) is 5.82 Å². The molecule has 3 N–H and O–H groups in total. The Hall–Kier alpha value is -2.02. The first-order valence-corrected chi connectivity index (χ1v) is 4.88. The second-order valence-electron chi connectivity index (χ2n) is 3.17. The summed E-state index contributed by atoms with van der Waals surface area (Å²) in [6.07, 6.45) is 0.548. The Morgan fingerprint density at radius 2 is 2.31 bits per heavy atom. The summed E-state index contributed by atoms with van der Waals surface area (Å²) in [5.74, 6) is 4.46. The topological polar surface area (TPSA) is 55.1 Å². The summed E-state index contributed by atoms with van der Waals surface area (Å²) in [5.41, 5.74) is 5.80. The molecule has 0 saturated heterocycles. The highest BCUT2D eigenvalue weighted by Crippen LogP contribution is 2.11. The van der Waals surface area contributed by atoms with E-state index in [-0.39, 0.29) is 5.56 Å². The third-order valence-electron chi connectivity index (χ3n) is 1.95. The minimum Gasteiger partial charge on any atom is -0.399 e. The van der Waals surface area contributed by atoms with Gasteiger partial charge in [-0.15, -0.1) is 11.8 Å². The zero-order chi connectivity index (χ0) is 12.0. The maximum Gasteiger partial charge on any atom is 0.254 e. The van der Waals surface area contributed by atoms with Crippen molar-refractivity contribution in [3.05, 3.63) is 29.6 Å². The second kappa shape index (κ2) is 5.76. The molecular formula is C12H13FN2O. The number of halogens is 1. The molecule has 84 valence electrons. The second-order valence-corrected chi connectivity index (χ2v) is 3.17. The number of nitrogen functional groups attached to an aromatic ring is 1. The Bertz CT molecular complexity index is 446. The molecule has 0 radical (unpaired) electrons. The van der Waals surface area contributed by atoms with E-state index in [9.17, 15) is 9.18 Å². The van der Waals surface area contributed by atoms with Crippen LogP contribution in [-0.4, -0.2) is 12.5 Å². The number of amides is 1. The molecule has 0 atom stereocenters. The first-order chi connectivity index (χ1) is 7.65. The van der Waals surface area contributed by atoms with Crippen molar-refractivity contribution < 1.29 is 9.18 Å². The van der Waals surface area contributed by atoms with Crippen LogP contribution in [0.5, 0.6) is 0 Å². The van der Waals surface area contributed by atoms with E-state index in [1.54, 1.807) is 6.92 Å². The Morgan fingerprint density at radius 1 is 1.56 bits per heavy atom. The largest absolute Gasteiger partial charge is 0.399 e. The lowest BCUT2D eigenvalue weighted by Gasteiger charge is -2.05.